The number of hydrogen-bond acceptors (Lipinski definition) is 3. The summed E-state index contributed by atoms with van der Waals surface area (Å²) >= 11 is 5.69. The highest BCUT2D eigenvalue weighted by Crippen LogP contribution is 2.26. The highest BCUT2D eigenvalue weighted by atomic mass is 35.5. The van der Waals surface area contributed by atoms with E-state index in [0.29, 0.717) is 0 Å². The van der Waals surface area contributed by atoms with Crippen LogP contribution in [0.3, 0.4) is 0 Å². The lowest BCUT2D eigenvalue weighted by molar-refractivity contribution is 0.102. The van der Waals surface area contributed by atoms with Crippen molar-refractivity contribution in [1.82, 2.24) is 0 Å². The van der Waals surface area contributed by atoms with Gasteiger partial charge in [0, 0.05) is 5.56 Å². The molecular weight excluding hydrogens is 271 g/mol. The van der Waals surface area contributed by atoms with Crippen molar-refractivity contribution in [3.8, 4) is 5.75 Å². The van der Waals surface area contributed by atoms with Gasteiger partial charge < -0.3 is 16.2 Å². The Bertz CT molecular complexity index is 626. The fourth-order valence-electron chi connectivity index (χ4n) is 1.51. The first-order chi connectivity index (χ1) is 8.99. The van der Waals surface area contributed by atoms with Crippen LogP contribution in [0.2, 0.25) is 5.02 Å². The standard InChI is InChI=1S/C13H10ClFN2O2/c14-8-6-7(4-5-11(8)18)13(19)17-12-9(15)2-1-3-10(12)16/h1-6,18H,16H2,(H,17,19). The molecule has 0 fully saturated rings. The summed E-state index contributed by atoms with van der Waals surface area (Å²) in [5.41, 5.74) is 5.80. The topological polar surface area (TPSA) is 75.3 Å². The number of aromatic hydroxyl groups is 1. The molecule has 0 radical (unpaired) electrons. The van der Waals surface area contributed by atoms with Gasteiger partial charge in [-0.25, -0.2) is 4.39 Å². The molecule has 2 aromatic carbocycles. The fraction of sp³-hybridized carbons (Fsp3) is 0. The molecule has 0 unspecified atom stereocenters. The molecule has 98 valence electrons. The second kappa shape index (κ2) is 5.16. The molecule has 4 nitrogen and oxygen atoms in total. The van der Waals surface area contributed by atoms with Gasteiger partial charge in [-0.3, -0.25) is 4.79 Å². The first-order valence-corrected chi connectivity index (χ1v) is 5.70. The average Bonchev–Trinajstić information content (AvgIpc) is 2.37. The van der Waals surface area contributed by atoms with Crippen molar-refractivity contribution in [2.24, 2.45) is 0 Å². The van der Waals surface area contributed by atoms with Gasteiger partial charge in [-0.2, -0.15) is 0 Å². The fourth-order valence-corrected chi connectivity index (χ4v) is 1.69. The van der Waals surface area contributed by atoms with Crippen LogP contribution in [0.4, 0.5) is 15.8 Å². The summed E-state index contributed by atoms with van der Waals surface area (Å²) in [5, 5.41) is 11.7. The number of phenols is 1. The third-order valence-electron chi connectivity index (χ3n) is 2.49. The van der Waals surface area contributed by atoms with E-state index in [-0.39, 0.29) is 27.7 Å². The number of benzene rings is 2. The Kier molecular flexibility index (Phi) is 3.57. The molecule has 0 saturated heterocycles. The molecule has 0 aromatic heterocycles. The van der Waals surface area contributed by atoms with Gasteiger partial charge in [0.1, 0.15) is 17.3 Å². The molecule has 6 heteroatoms. The number of phenolic OH excluding ortho intramolecular Hbond substituents is 1. The van der Waals surface area contributed by atoms with Gasteiger partial charge in [-0.15, -0.1) is 0 Å². The number of para-hydroxylation sites is 1. The van der Waals surface area contributed by atoms with E-state index in [1.54, 1.807) is 0 Å². The Labute approximate surface area is 113 Å². The van der Waals surface area contributed by atoms with Crippen LogP contribution in [0.5, 0.6) is 5.75 Å². The van der Waals surface area contributed by atoms with Crippen LogP contribution >= 0.6 is 11.6 Å². The van der Waals surface area contributed by atoms with Gasteiger partial charge in [0.2, 0.25) is 0 Å². The summed E-state index contributed by atoms with van der Waals surface area (Å²) in [7, 11) is 0. The molecule has 2 rings (SSSR count). The molecule has 4 N–H and O–H groups in total. The second-order valence-electron chi connectivity index (χ2n) is 3.82. The van der Waals surface area contributed by atoms with Gasteiger partial charge in [0.05, 0.1) is 10.7 Å². The van der Waals surface area contributed by atoms with Crippen molar-refractivity contribution in [3.05, 3.63) is 52.8 Å². The number of amides is 1. The summed E-state index contributed by atoms with van der Waals surface area (Å²) in [4.78, 5) is 11.9. The van der Waals surface area contributed by atoms with Crippen LogP contribution in [-0.4, -0.2) is 11.0 Å². The second-order valence-corrected chi connectivity index (χ2v) is 4.23. The van der Waals surface area contributed by atoms with E-state index in [0.717, 1.165) is 0 Å². The first kappa shape index (κ1) is 13.2. The molecule has 0 aliphatic heterocycles. The summed E-state index contributed by atoms with van der Waals surface area (Å²) in [5.74, 6) is -1.33. The predicted octanol–water partition coefficient (Wildman–Crippen LogP) is 3.02. The lowest BCUT2D eigenvalue weighted by atomic mass is 10.2. The number of nitrogens with two attached hydrogens (primary N) is 1. The maximum atomic E-state index is 13.5. The smallest absolute Gasteiger partial charge is 0.255 e. The number of nitrogen functional groups attached to an aromatic ring is 1. The molecule has 19 heavy (non-hydrogen) atoms. The van der Waals surface area contributed by atoms with Crippen LogP contribution < -0.4 is 11.1 Å². The quantitative estimate of drug-likeness (QED) is 0.740. The Morgan fingerprint density at radius 1 is 1.32 bits per heavy atom. The minimum absolute atomic E-state index is 0.0363. The normalized spacial score (nSPS) is 10.2. The van der Waals surface area contributed by atoms with Gasteiger partial charge in [0.15, 0.2) is 0 Å². The third kappa shape index (κ3) is 2.77. The SMILES string of the molecule is Nc1cccc(F)c1NC(=O)c1ccc(O)c(Cl)c1. The lowest BCUT2D eigenvalue weighted by Gasteiger charge is -2.09. The van der Waals surface area contributed by atoms with E-state index < -0.39 is 11.7 Å². The molecule has 0 saturated carbocycles. The number of rotatable bonds is 2. The summed E-state index contributed by atoms with van der Waals surface area (Å²) in [6.07, 6.45) is 0. The van der Waals surface area contributed by atoms with E-state index in [1.165, 1.54) is 36.4 Å². The van der Waals surface area contributed by atoms with Crippen LogP contribution in [0.25, 0.3) is 0 Å². The van der Waals surface area contributed by atoms with Crippen molar-refractivity contribution in [2.75, 3.05) is 11.1 Å². The largest absolute Gasteiger partial charge is 0.506 e. The maximum Gasteiger partial charge on any atom is 0.255 e. The Hall–Kier alpha value is -2.27. The maximum absolute atomic E-state index is 13.5. The summed E-state index contributed by atoms with van der Waals surface area (Å²) in [6, 6.07) is 8.04. The first-order valence-electron chi connectivity index (χ1n) is 5.33. The predicted molar refractivity (Wildman–Crippen MR) is 71.9 cm³/mol. The molecule has 0 heterocycles. The van der Waals surface area contributed by atoms with Crippen molar-refractivity contribution in [3.63, 3.8) is 0 Å². The molecule has 0 aliphatic carbocycles. The van der Waals surface area contributed by atoms with E-state index in [1.807, 2.05) is 0 Å². The highest BCUT2D eigenvalue weighted by molar-refractivity contribution is 6.32. The van der Waals surface area contributed by atoms with E-state index in [2.05, 4.69) is 5.32 Å². The van der Waals surface area contributed by atoms with Crippen LogP contribution in [-0.2, 0) is 0 Å². The molecule has 0 spiro atoms. The Morgan fingerprint density at radius 3 is 2.68 bits per heavy atom. The average molecular weight is 281 g/mol. The monoisotopic (exact) mass is 280 g/mol. The lowest BCUT2D eigenvalue weighted by Crippen LogP contribution is -2.14. The minimum Gasteiger partial charge on any atom is -0.506 e. The highest BCUT2D eigenvalue weighted by Gasteiger charge is 2.13. The zero-order chi connectivity index (χ0) is 14.0. The summed E-state index contributed by atoms with van der Waals surface area (Å²) < 4.78 is 13.5. The summed E-state index contributed by atoms with van der Waals surface area (Å²) in [6.45, 7) is 0. The molecule has 0 atom stereocenters. The van der Waals surface area contributed by atoms with Crippen molar-refractivity contribution in [2.45, 2.75) is 0 Å². The van der Waals surface area contributed by atoms with E-state index >= 15 is 0 Å². The third-order valence-corrected chi connectivity index (χ3v) is 2.80. The van der Waals surface area contributed by atoms with Crippen LogP contribution in [0, 0.1) is 5.82 Å². The van der Waals surface area contributed by atoms with Gasteiger partial charge in [0.25, 0.3) is 5.91 Å². The van der Waals surface area contributed by atoms with Gasteiger partial charge in [-0.1, -0.05) is 17.7 Å². The van der Waals surface area contributed by atoms with Crippen LogP contribution in [0.15, 0.2) is 36.4 Å². The molecule has 2 aromatic rings. The number of anilines is 2. The molecule has 0 bridgehead atoms. The number of halogens is 2. The molecule has 1 amide bonds. The van der Waals surface area contributed by atoms with Crippen molar-refractivity contribution < 1.29 is 14.3 Å². The number of carbonyl (C=O) groups is 1. The van der Waals surface area contributed by atoms with Crippen molar-refractivity contribution >= 4 is 28.9 Å². The van der Waals surface area contributed by atoms with Gasteiger partial charge in [-0.05, 0) is 30.3 Å². The zero-order valence-electron chi connectivity index (χ0n) is 9.65. The van der Waals surface area contributed by atoms with E-state index in [9.17, 15) is 14.3 Å². The van der Waals surface area contributed by atoms with Crippen molar-refractivity contribution in [1.29, 1.82) is 0 Å². The molecular formula is C13H10ClFN2O2. The van der Waals surface area contributed by atoms with Gasteiger partial charge >= 0.3 is 0 Å². The zero-order valence-corrected chi connectivity index (χ0v) is 10.4. The van der Waals surface area contributed by atoms with Crippen LogP contribution in [0.1, 0.15) is 10.4 Å². The Morgan fingerprint density at radius 2 is 2.05 bits per heavy atom. The number of carbonyl (C=O) groups excluding carboxylic acids is 1. The molecule has 0 aliphatic rings. The number of nitrogens with one attached hydrogen (secondary N) is 1. The Balaban J connectivity index is 2.28. The van der Waals surface area contributed by atoms with E-state index in [4.69, 9.17) is 17.3 Å². The number of hydrogen-bond donors (Lipinski definition) is 3. The minimum atomic E-state index is -0.627.